The van der Waals surface area contributed by atoms with Crippen LogP contribution in [-0.2, 0) is 9.47 Å². The fourth-order valence-corrected chi connectivity index (χ4v) is 3.00. The van der Waals surface area contributed by atoms with E-state index in [0.29, 0.717) is 18.1 Å². The molecule has 0 aromatic carbocycles. The monoisotopic (exact) mass is 196 g/mol. The van der Waals surface area contributed by atoms with Crippen LogP contribution in [0.1, 0.15) is 33.1 Å². The first-order valence-corrected chi connectivity index (χ1v) is 5.64. The number of rotatable bonds is 4. The van der Waals surface area contributed by atoms with Crippen LogP contribution in [-0.4, -0.2) is 24.9 Å². The summed E-state index contributed by atoms with van der Waals surface area (Å²) in [6.07, 6.45) is 8.34. The smallest absolute Gasteiger partial charge is 0.0821 e. The van der Waals surface area contributed by atoms with E-state index in [0.717, 1.165) is 19.3 Å². The van der Waals surface area contributed by atoms with Crippen molar-refractivity contribution in [2.24, 2.45) is 5.92 Å². The van der Waals surface area contributed by atoms with Crippen LogP contribution in [0.4, 0.5) is 0 Å². The van der Waals surface area contributed by atoms with E-state index in [2.05, 4.69) is 26.0 Å². The average molecular weight is 196 g/mol. The lowest BCUT2D eigenvalue weighted by Gasteiger charge is -2.38. The predicted octanol–water partition coefficient (Wildman–Crippen LogP) is 2.54. The molecule has 2 aliphatic heterocycles. The minimum atomic E-state index is 0.0319. The molecule has 2 heterocycles. The molecule has 0 N–H and O–H groups in total. The van der Waals surface area contributed by atoms with E-state index in [9.17, 15) is 0 Å². The Balaban J connectivity index is 2.16. The topological polar surface area (TPSA) is 18.5 Å². The first kappa shape index (κ1) is 10.2. The van der Waals surface area contributed by atoms with Crippen molar-refractivity contribution in [1.82, 2.24) is 0 Å². The summed E-state index contributed by atoms with van der Waals surface area (Å²) in [5.74, 6) is 0.553. The summed E-state index contributed by atoms with van der Waals surface area (Å²) in [5, 5.41) is 0. The Morgan fingerprint density at radius 3 is 2.43 bits per heavy atom. The van der Waals surface area contributed by atoms with Gasteiger partial charge in [0.2, 0.25) is 0 Å². The highest BCUT2D eigenvalue weighted by atomic mass is 16.5. The molecule has 0 radical (unpaired) electrons. The van der Waals surface area contributed by atoms with Crippen molar-refractivity contribution in [3.63, 3.8) is 0 Å². The normalized spacial score (nSPS) is 35.5. The van der Waals surface area contributed by atoms with Crippen molar-refractivity contribution in [3.05, 3.63) is 12.2 Å². The maximum absolute atomic E-state index is 5.81. The number of hydrogen-bond acceptors (Lipinski definition) is 2. The molecule has 2 bridgehead atoms. The van der Waals surface area contributed by atoms with Crippen molar-refractivity contribution >= 4 is 0 Å². The molecule has 14 heavy (non-hydrogen) atoms. The molecule has 3 unspecified atom stereocenters. The largest absolute Gasteiger partial charge is 0.378 e. The molecule has 0 saturated carbocycles. The fourth-order valence-electron chi connectivity index (χ4n) is 3.00. The van der Waals surface area contributed by atoms with Crippen LogP contribution in [0.25, 0.3) is 0 Å². The molecule has 0 spiro atoms. The molecule has 2 rings (SSSR count). The second-order valence-corrected chi connectivity index (χ2v) is 4.34. The lowest BCUT2D eigenvalue weighted by atomic mass is 9.76. The number of methoxy groups -OCH3 is 1. The number of ether oxygens (including phenoxy) is 2. The molecule has 0 aromatic rings. The molecule has 0 amide bonds. The molecular formula is C12H20O2. The summed E-state index contributed by atoms with van der Waals surface area (Å²) in [6, 6.07) is 0. The second-order valence-electron chi connectivity index (χ2n) is 4.34. The molecule has 3 atom stereocenters. The molecule has 0 aliphatic carbocycles. The third-order valence-corrected chi connectivity index (χ3v) is 4.01. The van der Waals surface area contributed by atoms with Gasteiger partial charge in [-0.15, -0.1) is 0 Å². The number of hydrogen-bond donors (Lipinski definition) is 0. The average Bonchev–Trinajstić information content (AvgIpc) is 2.83. The molecular weight excluding hydrogens is 176 g/mol. The molecule has 1 fully saturated rings. The summed E-state index contributed by atoms with van der Waals surface area (Å²) in [6.45, 7) is 4.42. The fraction of sp³-hybridized carbons (Fsp3) is 0.833. The Bertz CT molecular complexity index is 222. The Morgan fingerprint density at radius 1 is 1.36 bits per heavy atom. The van der Waals surface area contributed by atoms with Crippen molar-refractivity contribution in [3.8, 4) is 0 Å². The zero-order valence-corrected chi connectivity index (χ0v) is 9.32. The summed E-state index contributed by atoms with van der Waals surface area (Å²) in [7, 11) is 1.84. The minimum Gasteiger partial charge on any atom is -0.378 e. The summed E-state index contributed by atoms with van der Waals surface area (Å²) >= 11 is 0. The summed E-state index contributed by atoms with van der Waals surface area (Å²) in [4.78, 5) is 0. The summed E-state index contributed by atoms with van der Waals surface area (Å²) < 4.78 is 11.6. The molecule has 2 heteroatoms. The highest BCUT2D eigenvalue weighted by Gasteiger charge is 2.48. The zero-order chi connectivity index (χ0) is 10.2. The van der Waals surface area contributed by atoms with E-state index in [4.69, 9.17) is 9.47 Å². The third kappa shape index (κ3) is 1.32. The van der Waals surface area contributed by atoms with Gasteiger partial charge in [-0.25, -0.2) is 0 Å². The minimum absolute atomic E-state index is 0.0319. The van der Waals surface area contributed by atoms with Gasteiger partial charge in [0.1, 0.15) is 0 Å². The Labute approximate surface area is 86.3 Å². The zero-order valence-electron chi connectivity index (χ0n) is 9.32. The quantitative estimate of drug-likeness (QED) is 0.643. The second kappa shape index (κ2) is 3.67. The Morgan fingerprint density at radius 2 is 2.07 bits per heavy atom. The van der Waals surface area contributed by atoms with Gasteiger partial charge in [-0.2, -0.15) is 0 Å². The van der Waals surface area contributed by atoms with Crippen LogP contribution < -0.4 is 0 Å². The Hall–Kier alpha value is -0.340. The van der Waals surface area contributed by atoms with E-state index < -0.39 is 0 Å². The predicted molar refractivity (Wildman–Crippen MR) is 56.2 cm³/mol. The van der Waals surface area contributed by atoms with Crippen LogP contribution in [0.5, 0.6) is 0 Å². The first-order valence-electron chi connectivity index (χ1n) is 5.64. The lowest BCUT2D eigenvalue weighted by Crippen LogP contribution is -2.42. The van der Waals surface area contributed by atoms with Gasteiger partial charge in [0.15, 0.2) is 0 Å². The SMILES string of the molecule is CCC(CC)(OC)C1CC2C=CC1O2. The first-order chi connectivity index (χ1) is 6.75. The highest BCUT2D eigenvalue weighted by Crippen LogP contribution is 2.44. The van der Waals surface area contributed by atoms with Gasteiger partial charge in [-0.3, -0.25) is 0 Å². The van der Waals surface area contributed by atoms with Gasteiger partial charge >= 0.3 is 0 Å². The van der Waals surface area contributed by atoms with Crippen LogP contribution in [0.2, 0.25) is 0 Å². The van der Waals surface area contributed by atoms with Crippen LogP contribution in [0.15, 0.2) is 12.2 Å². The molecule has 80 valence electrons. The maximum atomic E-state index is 5.81. The van der Waals surface area contributed by atoms with Crippen molar-refractivity contribution in [1.29, 1.82) is 0 Å². The molecule has 1 saturated heterocycles. The van der Waals surface area contributed by atoms with Gasteiger partial charge in [0, 0.05) is 13.0 Å². The molecule has 0 aromatic heterocycles. The van der Waals surface area contributed by atoms with Crippen LogP contribution in [0, 0.1) is 5.92 Å². The van der Waals surface area contributed by atoms with Gasteiger partial charge in [-0.1, -0.05) is 26.0 Å². The molecule has 2 nitrogen and oxygen atoms in total. The van der Waals surface area contributed by atoms with E-state index in [1.807, 2.05) is 7.11 Å². The van der Waals surface area contributed by atoms with Crippen LogP contribution in [0.3, 0.4) is 0 Å². The van der Waals surface area contributed by atoms with E-state index in [1.165, 1.54) is 0 Å². The highest BCUT2D eigenvalue weighted by molar-refractivity contribution is 5.14. The van der Waals surface area contributed by atoms with E-state index in [1.54, 1.807) is 0 Å². The lowest BCUT2D eigenvalue weighted by molar-refractivity contribution is -0.0767. The maximum Gasteiger partial charge on any atom is 0.0821 e. The van der Waals surface area contributed by atoms with Gasteiger partial charge < -0.3 is 9.47 Å². The Kier molecular flexibility index (Phi) is 2.67. The van der Waals surface area contributed by atoms with E-state index >= 15 is 0 Å². The van der Waals surface area contributed by atoms with Crippen molar-refractivity contribution in [2.45, 2.75) is 50.9 Å². The van der Waals surface area contributed by atoms with Gasteiger partial charge in [0.05, 0.1) is 17.8 Å². The van der Waals surface area contributed by atoms with Crippen molar-refractivity contribution in [2.75, 3.05) is 7.11 Å². The van der Waals surface area contributed by atoms with Gasteiger partial charge in [-0.05, 0) is 19.3 Å². The standard InChI is InChI=1S/C12H20O2/c1-4-12(5-2,13-3)10-8-9-6-7-11(10)14-9/h6-7,9-11H,4-5,8H2,1-3H3. The third-order valence-electron chi connectivity index (χ3n) is 4.01. The van der Waals surface area contributed by atoms with E-state index in [-0.39, 0.29) is 5.60 Å². The summed E-state index contributed by atoms with van der Waals surface area (Å²) in [5.41, 5.74) is 0.0319. The van der Waals surface area contributed by atoms with Gasteiger partial charge in [0.25, 0.3) is 0 Å². The number of fused-ring (bicyclic) bond motifs is 2. The van der Waals surface area contributed by atoms with Crippen LogP contribution >= 0.6 is 0 Å². The molecule has 2 aliphatic rings. The van der Waals surface area contributed by atoms with Crippen molar-refractivity contribution < 1.29 is 9.47 Å².